The molecule has 4 rings (SSSR count). The topological polar surface area (TPSA) is 111 Å². The lowest BCUT2D eigenvalue weighted by Crippen LogP contribution is -2.49. The second-order valence-corrected chi connectivity index (χ2v) is 8.35. The SMILES string of the molecule is C[C@@H]1C[C@@H](C(=O)N[C@H](C=O)C[C@@H]2CCNC2=O)N(C(=O)c2cc3ccccc3[nH]2)C1. The van der Waals surface area contributed by atoms with Gasteiger partial charge in [0.1, 0.15) is 18.0 Å². The minimum Gasteiger partial charge on any atom is -0.356 e. The number of fused-ring (bicyclic) bond motifs is 1. The number of aromatic nitrogens is 1. The van der Waals surface area contributed by atoms with Crippen LogP contribution in [0.2, 0.25) is 0 Å². The Bertz CT molecular complexity index is 951. The summed E-state index contributed by atoms with van der Waals surface area (Å²) in [6.45, 7) is 3.07. The number of nitrogens with one attached hydrogen (secondary N) is 3. The van der Waals surface area contributed by atoms with Crippen LogP contribution in [-0.4, -0.2) is 59.1 Å². The molecule has 2 fully saturated rings. The summed E-state index contributed by atoms with van der Waals surface area (Å²) in [4.78, 5) is 54.1. The monoisotopic (exact) mass is 410 g/mol. The van der Waals surface area contributed by atoms with E-state index < -0.39 is 12.1 Å². The van der Waals surface area contributed by atoms with Gasteiger partial charge in [-0.25, -0.2) is 0 Å². The van der Waals surface area contributed by atoms with E-state index in [0.29, 0.717) is 37.9 Å². The van der Waals surface area contributed by atoms with Crippen molar-refractivity contribution in [3.8, 4) is 0 Å². The van der Waals surface area contributed by atoms with Gasteiger partial charge in [-0.3, -0.25) is 14.4 Å². The highest BCUT2D eigenvalue weighted by atomic mass is 16.2. The van der Waals surface area contributed by atoms with Crippen LogP contribution in [0.5, 0.6) is 0 Å². The van der Waals surface area contributed by atoms with Crippen LogP contribution in [0.1, 0.15) is 36.7 Å². The number of H-pyrrole nitrogens is 1. The summed E-state index contributed by atoms with van der Waals surface area (Å²) in [5.41, 5.74) is 1.31. The van der Waals surface area contributed by atoms with Gasteiger partial charge in [-0.1, -0.05) is 25.1 Å². The zero-order valence-corrected chi connectivity index (χ0v) is 16.9. The molecule has 30 heavy (non-hydrogen) atoms. The molecule has 8 heteroatoms. The number of hydrogen-bond donors (Lipinski definition) is 3. The van der Waals surface area contributed by atoms with Crippen molar-refractivity contribution >= 4 is 34.9 Å². The van der Waals surface area contributed by atoms with E-state index in [9.17, 15) is 19.2 Å². The maximum absolute atomic E-state index is 13.1. The Balaban J connectivity index is 1.47. The minimum atomic E-state index is -0.743. The molecule has 0 radical (unpaired) electrons. The normalized spacial score (nSPS) is 24.6. The van der Waals surface area contributed by atoms with Crippen molar-refractivity contribution in [1.29, 1.82) is 0 Å². The number of amides is 3. The highest BCUT2D eigenvalue weighted by Gasteiger charge is 2.39. The fraction of sp³-hybridized carbons (Fsp3) is 0.455. The molecule has 2 aliphatic rings. The van der Waals surface area contributed by atoms with E-state index in [-0.39, 0.29) is 36.0 Å². The molecule has 0 bridgehead atoms. The molecular weight excluding hydrogens is 384 g/mol. The molecule has 3 N–H and O–H groups in total. The fourth-order valence-electron chi connectivity index (χ4n) is 4.47. The molecule has 0 unspecified atom stereocenters. The van der Waals surface area contributed by atoms with Gasteiger partial charge in [0, 0.05) is 29.9 Å². The fourth-order valence-corrected chi connectivity index (χ4v) is 4.47. The van der Waals surface area contributed by atoms with Crippen molar-refractivity contribution in [3.63, 3.8) is 0 Å². The highest BCUT2D eigenvalue weighted by molar-refractivity contribution is 6.00. The van der Waals surface area contributed by atoms with E-state index >= 15 is 0 Å². The van der Waals surface area contributed by atoms with Crippen LogP contribution in [-0.2, 0) is 14.4 Å². The molecule has 0 aliphatic carbocycles. The van der Waals surface area contributed by atoms with Crippen molar-refractivity contribution in [2.24, 2.45) is 11.8 Å². The lowest BCUT2D eigenvalue weighted by atomic mass is 9.98. The molecule has 3 heterocycles. The average molecular weight is 410 g/mol. The van der Waals surface area contributed by atoms with Gasteiger partial charge in [-0.2, -0.15) is 0 Å². The first-order valence-corrected chi connectivity index (χ1v) is 10.4. The third kappa shape index (κ3) is 3.94. The summed E-state index contributed by atoms with van der Waals surface area (Å²) in [5.74, 6) is -0.759. The number of likely N-dealkylation sites (tertiary alicyclic amines) is 1. The first-order chi connectivity index (χ1) is 14.5. The van der Waals surface area contributed by atoms with Gasteiger partial charge in [0.2, 0.25) is 11.8 Å². The van der Waals surface area contributed by atoms with Gasteiger partial charge < -0.3 is 25.3 Å². The summed E-state index contributed by atoms with van der Waals surface area (Å²) in [6.07, 6.45) is 2.14. The van der Waals surface area contributed by atoms with E-state index in [0.717, 1.165) is 10.9 Å². The van der Waals surface area contributed by atoms with Gasteiger partial charge in [-0.15, -0.1) is 0 Å². The lowest BCUT2D eigenvalue weighted by molar-refractivity contribution is -0.128. The van der Waals surface area contributed by atoms with Crippen molar-refractivity contribution in [2.75, 3.05) is 13.1 Å². The summed E-state index contributed by atoms with van der Waals surface area (Å²) >= 11 is 0. The number of nitrogens with zero attached hydrogens (tertiary/aromatic N) is 1. The van der Waals surface area contributed by atoms with Crippen molar-refractivity contribution in [3.05, 3.63) is 36.0 Å². The highest BCUT2D eigenvalue weighted by Crippen LogP contribution is 2.26. The van der Waals surface area contributed by atoms with Gasteiger partial charge in [0.15, 0.2) is 0 Å². The molecule has 8 nitrogen and oxygen atoms in total. The predicted molar refractivity (Wildman–Crippen MR) is 111 cm³/mol. The maximum Gasteiger partial charge on any atom is 0.270 e. The quantitative estimate of drug-likeness (QED) is 0.622. The van der Waals surface area contributed by atoms with Crippen LogP contribution in [0.3, 0.4) is 0 Å². The predicted octanol–water partition coefficient (Wildman–Crippen LogP) is 1.23. The van der Waals surface area contributed by atoms with Crippen LogP contribution < -0.4 is 10.6 Å². The Hall–Kier alpha value is -3.16. The minimum absolute atomic E-state index is 0.0822. The van der Waals surface area contributed by atoms with Gasteiger partial charge in [0.25, 0.3) is 5.91 Å². The molecule has 2 aliphatic heterocycles. The molecule has 2 aromatic rings. The van der Waals surface area contributed by atoms with E-state index in [1.54, 1.807) is 11.0 Å². The first-order valence-electron chi connectivity index (χ1n) is 10.4. The number of benzene rings is 1. The van der Waals surface area contributed by atoms with Gasteiger partial charge in [-0.05, 0) is 37.3 Å². The number of para-hydroxylation sites is 1. The summed E-state index contributed by atoms with van der Waals surface area (Å²) in [7, 11) is 0. The molecular formula is C22H26N4O4. The molecule has 0 saturated carbocycles. The van der Waals surface area contributed by atoms with E-state index in [1.807, 2.05) is 31.2 Å². The van der Waals surface area contributed by atoms with Gasteiger partial charge >= 0.3 is 0 Å². The number of aromatic amines is 1. The van der Waals surface area contributed by atoms with Crippen LogP contribution >= 0.6 is 0 Å². The third-order valence-electron chi connectivity index (χ3n) is 6.03. The van der Waals surface area contributed by atoms with Crippen LogP contribution in [0.15, 0.2) is 30.3 Å². The Morgan fingerprint density at radius 1 is 1.33 bits per heavy atom. The maximum atomic E-state index is 13.1. The molecule has 2 saturated heterocycles. The van der Waals surface area contributed by atoms with Crippen molar-refractivity contribution in [1.82, 2.24) is 20.5 Å². The number of rotatable bonds is 6. The molecule has 4 atom stereocenters. The van der Waals surface area contributed by atoms with Gasteiger partial charge in [0.05, 0.1) is 6.04 Å². The molecule has 1 aromatic carbocycles. The Labute approximate surface area is 174 Å². The van der Waals surface area contributed by atoms with E-state index in [4.69, 9.17) is 0 Å². The Morgan fingerprint density at radius 2 is 2.13 bits per heavy atom. The average Bonchev–Trinajstić information content (AvgIpc) is 3.45. The van der Waals surface area contributed by atoms with Crippen LogP contribution in [0, 0.1) is 11.8 Å². The van der Waals surface area contributed by atoms with Crippen molar-refractivity contribution in [2.45, 2.75) is 38.3 Å². The second kappa shape index (κ2) is 8.30. The third-order valence-corrected chi connectivity index (χ3v) is 6.03. The first kappa shape index (κ1) is 20.1. The second-order valence-electron chi connectivity index (χ2n) is 8.35. The van der Waals surface area contributed by atoms with Crippen molar-refractivity contribution < 1.29 is 19.2 Å². The van der Waals surface area contributed by atoms with E-state index in [2.05, 4.69) is 15.6 Å². The lowest BCUT2D eigenvalue weighted by Gasteiger charge is -2.25. The standard InChI is InChI=1S/C22H26N4O4/c1-13-8-19(21(29)24-16(12-27)9-15-6-7-23-20(15)28)26(11-13)22(30)18-10-14-4-2-3-5-17(14)25-18/h2-5,10,12-13,15-16,19,25H,6-9,11H2,1H3,(H,23,28)(H,24,29)/t13-,15+,16+,19+/m1/s1. The Morgan fingerprint density at radius 3 is 2.83 bits per heavy atom. The smallest absolute Gasteiger partial charge is 0.270 e. The summed E-state index contributed by atoms with van der Waals surface area (Å²) < 4.78 is 0. The zero-order chi connectivity index (χ0) is 21.3. The zero-order valence-electron chi connectivity index (χ0n) is 16.9. The molecule has 3 amide bonds. The van der Waals surface area contributed by atoms with Crippen LogP contribution in [0.4, 0.5) is 0 Å². The molecule has 0 spiro atoms. The van der Waals surface area contributed by atoms with E-state index in [1.165, 1.54) is 0 Å². The summed E-state index contributed by atoms with van der Waals surface area (Å²) in [5, 5.41) is 6.42. The largest absolute Gasteiger partial charge is 0.356 e. The molecule has 158 valence electrons. The number of carbonyl (C=O) groups excluding carboxylic acids is 4. The number of aldehydes is 1. The number of carbonyl (C=O) groups is 4. The summed E-state index contributed by atoms with van der Waals surface area (Å²) in [6, 6.07) is 8.03. The Kier molecular flexibility index (Phi) is 5.57. The molecule has 1 aromatic heterocycles. The van der Waals surface area contributed by atoms with Crippen LogP contribution in [0.25, 0.3) is 10.9 Å². The number of hydrogen-bond acceptors (Lipinski definition) is 4.